The highest BCUT2D eigenvalue weighted by Gasteiger charge is 2.33. The molecule has 2 aliphatic rings. The average molecular weight is 426 g/mol. The third kappa shape index (κ3) is 4.11. The third-order valence-corrected chi connectivity index (χ3v) is 5.18. The molecule has 9 heteroatoms. The van der Waals surface area contributed by atoms with Gasteiger partial charge in [0.05, 0.1) is 19.2 Å². The van der Waals surface area contributed by atoms with Crippen molar-refractivity contribution in [1.82, 2.24) is 10.2 Å². The monoisotopic (exact) mass is 426 g/mol. The second-order valence-electron chi connectivity index (χ2n) is 7.17. The SMILES string of the molecule is COc1ccc(C(=O)CNC(=O)COc2c3c(cc4c2C(=O)N(C)CC4)OCO3)cc1. The van der Waals surface area contributed by atoms with Crippen LogP contribution in [0, 0.1) is 0 Å². The zero-order valence-electron chi connectivity index (χ0n) is 17.2. The number of ether oxygens (including phenoxy) is 4. The van der Waals surface area contributed by atoms with Crippen LogP contribution in [0.4, 0.5) is 0 Å². The molecule has 0 aromatic heterocycles. The Bertz CT molecular complexity index is 1030. The van der Waals surface area contributed by atoms with Crippen molar-refractivity contribution in [2.75, 3.05) is 40.6 Å². The van der Waals surface area contributed by atoms with E-state index >= 15 is 0 Å². The van der Waals surface area contributed by atoms with Gasteiger partial charge in [-0.2, -0.15) is 0 Å². The van der Waals surface area contributed by atoms with Crippen molar-refractivity contribution >= 4 is 17.6 Å². The van der Waals surface area contributed by atoms with Crippen LogP contribution in [0.25, 0.3) is 0 Å². The molecule has 0 saturated carbocycles. The van der Waals surface area contributed by atoms with E-state index in [1.165, 1.54) is 0 Å². The van der Waals surface area contributed by atoms with E-state index in [9.17, 15) is 14.4 Å². The Kier molecular flexibility index (Phi) is 5.66. The first-order chi connectivity index (χ1) is 15.0. The number of nitrogens with one attached hydrogen (secondary N) is 1. The van der Waals surface area contributed by atoms with Crippen molar-refractivity contribution in [3.05, 3.63) is 47.0 Å². The molecule has 0 fully saturated rings. The Labute approximate surface area is 178 Å². The molecule has 9 nitrogen and oxygen atoms in total. The molecule has 0 aliphatic carbocycles. The summed E-state index contributed by atoms with van der Waals surface area (Å²) in [6, 6.07) is 8.38. The molecule has 0 atom stereocenters. The van der Waals surface area contributed by atoms with Gasteiger partial charge in [0.25, 0.3) is 11.8 Å². The number of Topliss-reactive ketones (excluding diaryl/α,β-unsaturated/α-hetero) is 1. The van der Waals surface area contributed by atoms with Crippen LogP contribution in [-0.2, 0) is 11.2 Å². The van der Waals surface area contributed by atoms with Crippen molar-refractivity contribution < 1.29 is 33.3 Å². The van der Waals surface area contributed by atoms with Crippen molar-refractivity contribution in [2.24, 2.45) is 0 Å². The molecule has 31 heavy (non-hydrogen) atoms. The van der Waals surface area contributed by atoms with Gasteiger partial charge in [0, 0.05) is 19.2 Å². The summed E-state index contributed by atoms with van der Waals surface area (Å²) >= 11 is 0. The minimum atomic E-state index is -0.497. The summed E-state index contributed by atoms with van der Waals surface area (Å²) in [7, 11) is 3.25. The van der Waals surface area contributed by atoms with Crippen LogP contribution >= 0.6 is 0 Å². The number of ketones is 1. The molecule has 2 amide bonds. The fraction of sp³-hybridized carbons (Fsp3) is 0.318. The predicted molar refractivity (Wildman–Crippen MR) is 109 cm³/mol. The Morgan fingerprint density at radius 1 is 1.19 bits per heavy atom. The van der Waals surface area contributed by atoms with Crippen LogP contribution in [-0.4, -0.2) is 63.1 Å². The molecule has 0 bridgehead atoms. The molecule has 0 saturated heterocycles. The highest BCUT2D eigenvalue weighted by Crippen LogP contribution is 2.46. The van der Waals surface area contributed by atoms with Gasteiger partial charge in [-0.1, -0.05) is 0 Å². The smallest absolute Gasteiger partial charge is 0.258 e. The van der Waals surface area contributed by atoms with Gasteiger partial charge in [-0.05, 0) is 42.3 Å². The van der Waals surface area contributed by atoms with Gasteiger partial charge in [0.15, 0.2) is 23.9 Å². The first kappa shape index (κ1) is 20.5. The van der Waals surface area contributed by atoms with Crippen LogP contribution in [0.3, 0.4) is 0 Å². The maximum atomic E-state index is 12.7. The lowest BCUT2D eigenvalue weighted by Crippen LogP contribution is -2.36. The molecule has 162 valence electrons. The number of fused-ring (bicyclic) bond motifs is 2. The Hall–Kier alpha value is -3.75. The lowest BCUT2D eigenvalue weighted by atomic mass is 9.97. The molecule has 2 aromatic carbocycles. The van der Waals surface area contributed by atoms with Crippen molar-refractivity contribution in [3.63, 3.8) is 0 Å². The van der Waals surface area contributed by atoms with E-state index in [0.717, 1.165) is 5.56 Å². The number of hydrogen-bond donors (Lipinski definition) is 1. The zero-order valence-corrected chi connectivity index (χ0v) is 17.2. The molecule has 0 spiro atoms. The molecule has 1 N–H and O–H groups in total. The average Bonchev–Trinajstić information content (AvgIpc) is 3.26. The van der Waals surface area contributed by atoms with Gasteiger partial charge in [0.2, 0.25) is 12.5 Å². The summed E-state index contributed by atoms with van der Waals surface area (Å²) in [4.78, 5) is 38.8. The number of amides is 2. The van der Waals surface area contributed by atoms with E-state index in [1.807, 2.05) is 0 Å². The molecule has 2 heterocycles. The van der Waals surface area contributed by atoms with Crippen LogP contribution in [0.1, 0.15) is 26.3 Å². The number of methoxy groups -OCH3 is 1. The highest BCUT2D eigenvalue weighted by atomic mass is 16.7. The lowest BCUT2D eigenvalue weighted by Gasteiger charge is -2.27. The second-order valence-corrected chi connectivity index (χ2v) is 7.17. The van der Waals surface area contributed by atoms with Crippen molar-refractivity contribution in [2.45, 2.75) is 6.42 Å². The summed E-state index contributed by atoms with van der Waals surface area (Å²) in [6.45, 7) is 0.0417. The van der Waals surface area contributed by atoms with E-state index in [-0.39, 0.29) is 37.4 Å². The predicted octanol–water partition coefficient (Wildman–Crippen LogP) is 1.43. The molecule has 4 rings (SSSR count). The van der Waals surface area contributed by atoms with E-state index in [1.54, 1.807) is 49.4 Å². The minimum absolute atomic E-state index is 0.0151. The fourth-order valence-corrected chi connectivity index (χ4v) is 3.46. The van der Waals surface area contributed by atoms with Crippen LogP contribution in [0.2, 0.25) is 0 Å². The number of hydrogen-bond acceptors (Lipinski definition) is 7. The standard InChI is InChI=1S/C22H22N2O7/c1-24-8-7-14-9-17-20(31-12-30-17)21(19(14)22(24)27)29-11-18(26)23-10-16(25)13-3-5-15(28-2)6-4-13/h3-6,9H,7-8,10-12H2,1-2H3,(H,23,26). The topological polar surface area (TPSA) is 103 Å². The fourth-order valence-electron chi connectivity index (χ4n) is 3.46. The van der Waals surface area contributed by atoms with Crippen LogP contribution < -0.4 is 24.3 Å². The molecular weight excluding hydrogens is 404 g/mol. The summed E-state index contributed by atoms with van der Waals surface area (Å²) in [6.07, 6.45) is 0.646. The summed E-state index contributed by atoms with van der Waals surface area (Å²) in [5, 5.41) is 2.54. The molecule has 2 aromatic rings. The van der Waals surface area contributed by atoms with Gasteiger partial charge >= 0.3 is 0 Å². The zero-order chi connectivity index (χ0) is 22.0. The van der Waals surface area contributed by atoms with E-state index in [2.05, 4.69) is 5.32 Å². The summed E-state index contributed by atoms with van der Waals surface area (Å²) in [5.74, 6) is 0.680. The number of rotatable bonds is 7. The molecule has 0 radical (unpaired) electrons. The lowest BCUT2D eigenvalue weighted by molar-refractivity contribution is -0.122. The van der Waals surface area contributed by atoms with E-state index < -0.39 is 5.91 Å². The van der Waals surface area contributed by atoms with E-state index in [4.69, 9.17) is 18.9 Å². The van der Waals surface area contributed by atoms with Crippen molar-refractivity contribution in [1.29, 1.82) is 0 Å². The second kappa shape index (κ2) is 8.55. The highest BCUT2D eigenvalue weighted by molar-refractivity contribution is 6.01. The first-order valence-corrected chi connectivity index (χ1v) is 9.75. The number of nitrogens with zero attached hydrogens (tertiary/aromatic N) is 1. The largest absolute Gasteiger partial charge is 0.497 e. The number of carbonyl (C=O) groups is 3. The van der Waals surface area contributed by atoms with Crippen LogP contribution in [0.15, 0.2) is 30.3 Å². The number of benzene rings is 2. The Morgan fingerprint density at radius 3 is 2.71 bits per heavy atom. The van der Waals surface area contributed by atoms with Gasteiger partial charge < -0.3 is 29.2 Å². The summed E-state index contributed by atoms with van der Waals surface area (Å²) < 4.78 is 21.7. The Morgan fingerprint density at radius 2 is 1.97 bits per heavy atom. The number of likely N-dealkylation sites (N-methyl/N-ethyl adjacent to an activating group) is 1. The quantitative estimate of drug-likeness (QED) is 0.668. The van der Waals surface area contributed by atoms with E-state index in [0.29, 0.717) is 41.3 Å². The maximum absolute atomic E-state index is 12.7. The van der Waals surface area contributed by atoms with Gasteiger partial charge in [0.1, 0.15) is 5.75 Å². The van der Waals surface area contributed by atoms with Gasteiger partial charge in [-0.25, -0.2) is 0 Å². The van der Waals surface area contributed by atoms with Crippen LogP contribution in [0.5, 0.6) is 23.0 Å². The molecular formula is C22H22N2O7. The van der Waals surface area contributed by atoms with Gasteiger partial charge in [-0.3, -0.25) is 14.4 Å². The Balaban J connectivity index is 1.42. The normalized spacial score (nSPS) is 14.1. The molecule has 2 aliphatic heterocycles. The third-order valence-electron chi connectivity index (χ3n) is 5.18. The maximum Gasteiger partial charge on any atom is 0.258 e. The van der Waals surface area contributed by atoms with Gasteiger partial charge in [-0.15, -0.1) is 0 Å². The minimum Gasteiger partial charge on any atom is -0.497 e. The van der Waals surface area contributed by atoms with Crippen molar-refractivity contribution in [3.8, 4) is 23.0 Å². The molecule has 0 unspecified atom stereocenters. The summed E-state index contributed by atoms with van der Waals surface area (Å²) in [5.41, 5.74) is 1.62. The number of carbonyl (C=O) groups excluding carboxylic acids is 3. The first-order valence-electron chi connectivity index (χ1n) is 9.75.